The molecule has 1 atom stereocenters. The molecule has 5 nitrogen and oxygen atoms in total. The zero-order valence-corrected chi connectivity index (χ0v) is 7.60. The smallest absolute Gasteiger partial charge is 0.331 e. The van der Waals surface area contributed by atoms with Crippen molar-refractivity contribution in [1.29, 1.82) is 0 Å². The Hall–Kier alpha value is -1.62. The van der Waals surface area contributed by atoms with E-state index in [1.54, 1.807) is 0 Å². The molecule has 14 heavy (non-hydrogen) atoms. The van der Waals surface area contributed by atoms with Crippen molar-refractivity contribution in [2.45, 2.75) is 12.5 Å². The van der Waals surface area contributed by atoms with E-state index >= 15 is 0 Å². The largest absolute Gasteiger partial charge is 0.478 e. The predicted molar refractivity (Wildman–Crippen MR) is 49.0 cm³/mol. The molecule has 0 aliphatic carbocycles. The first-order valence-corrected chi connectivity index (χ1v) is 3.85. The van der Waals surface area contributed by atoms with Crippen LogP contribution in [-0.2, 0) is 14.3 Å². The lowest BCUT2D eigenvalue weighted by molar-refractivity contribution is -0.133. The van der Waals surface area contributed by atoms with Gasteiger partial charge in [0.2, 0.25) is 0 Å². The molecule has 0 aromatic heterocycles. The molecule has 0 aromatic rings. The van der Waals surface area contributed by atoms with Crippen molar-refractivity contribution >= 4 is 11.9 Å². The first-order valence-electron chi connectivity index (χ1n) is 3.85. The summed E-state index contributed by atoms with van der Waals surface area (Å²) in [5, 5.41) is 15.9. The van der Waals surface area contributed by atoms with Crippen LogP contribution in [0.4, 0.5) is 0 Å². The number of aliphatic carboxylic acids is 2. The third-order valence-electron chi connectivity index (χ3n) is 1.35. The van der Waals surface area contributed by atoms with Gasteiger partial charge in [-0.15, -0.1) is 0 Å². The number of carboxylic acid groups (broad SMARTS) is 2. The Labute approximate surface area is 81.3 Å². The highest BCUT2D eigenvalue weighted by Crippen LogP contribution is 2.17. The maximum atomic E-state index is 10.1. The molecule has 1 fully saturated rings. The molecule has 2 N–H and O–H groups in total. The van der Waals surface area contributed by atoms with E-state index < -0.39 is 11.9 Å². The van der Waals surface area contributed by atoms with E-state index in [2.05, 4.69) is 13.2 Å². The van der Waals surface area contributed by atoms with Crippen LogP contribution in [0.1, 0.15) is 6.42 Å². The third kappa shape index (κ3) is 7.05. The van der Waals surface area contributed by atoms with Crippen molar-refractivity contribution in [2.24, 2.45) is 0 Å². The van der Waals surface area contributed by atoms with Gasteiger partial charge in [0.25, 0.3) is 0 Å². The standard InChI is InChI=1S/C6H8O3.C3H4O2/c1-4(6(7)8)2-5-3-9-5;1-2-3(4)5/h5H,1-3H2,(H,7,8);2H,1H2,(H,4,5). The van der Waals surface area contributed by atoms with Crippen molar-refractivity contribution in [3.05, 3.63) is 24.8 Å². The summed E-state index contributed by atoms with van der Waals surface area (Å²) < 4.78 is 4.81. The highest BCUT2D eigenvalue weighted by molar-refractivity contribution is 5.85. The van der Waals surface area contributed by atoms with Gasteiger partial charge >= 0.3 is 11.9 Å². The monoisotopic (exact) mass is 200 g/mol. The van der Waals surface area contributed by atoms with E-state index in [-0.39, 0.29) is 11.7 Å². The fourth-order valence-corrected chi connectivity index (χ4v) is 0.548. The SMILES string of the molecule is C=C(CC1CO1)C(=O)O.C=CC(=O)O. The lowest BCUT2D eigenvalue weighted by atomic mass is 10.2. The Kier molecular flexibility index (Phi) is 5.24. The van der Waals surface area contributed by atoms with Gasteiger partial charge in [-0.25, -0.2) is 9.59 Å². The number of epoxide rings is 1. The van der Waals surface area contributed by atoms with Gasteiger partial charge in [-0.2, -0.15) is 0 Å². The van der Waals surface area contributed by atoms with Crippen LogP contribution >= 0.6 is 0 Å². The minimum absolute atomic E-state index is 0.133. The highest BCUT2D eigenvalue weighted by atomic mass is 16.6. The van der Waals surface area contributed by atoms with Gasteiger partial charge in [-0.05, 0) is 0 Å². The van der Waals surface area contributed by atoms with Crippen molar-refractivity contribution < 1.29 is 24.5 Å². The van der Waals surface area contributed by atoms with Crippen LogP contribution < -0.4 is 0 Å². The lowest BCUT2D eigenvalue weighted by Gasteiger charge is -1.92. The van der Waals surface area contributed by atoms with Gasteiger partial charge in [0.15, 0.2) is 0 Å². The number of rotatable bonds is 4. The Balaban J connectivity index is 0.000000292. The summed E-state index contributed by atoms with van der Waals surface area (Å²) in [6.45, 7) is 7.00. The van der Waals surface area contributed by atoms with E-state index in [1.807, 2.05) is 0 Å². The molecule has 0 saturated carbocycles. The second kappa shape index (κ2) is 5.93. The number of carbonyl (C=O) groups is 2. The summed E-state index contributed by atoms with van der Waals surface area (Å²) >= 11 is 0. The number of carboxylic acids is 2. The van der Waals surface area contributed by atoms with Crippen molar-refractivity contribution in [3.8, 4) is 0 Å². The van der Waals surface area contributed by atoms with Gasteiger partial charge in [0, 0.05) is 18.1 Å². The lowest BCUT2D eigenvalue weighted by Crippen LogP contribution is -2.01. The van der Waals surface area contributed by atoms with Gasteiger partial charge in [-0.1, -0.05) is 13.2 Å². The molecular weight excluding hydrogens is 188 g/mol. The minimum Gasteiger partial charge on any atom is -0.478 e. The van der Waals surface area contributed by atoms with Crippen LogP contribution in [0.15, 0.2) is 24.8 Å². The maximum Gasteiger partial charge on any atom is 0.331 e. The van der Waals surface area contributed by atoms with Crippen molar-refractivity contribution in [3.63, 3.8) is 0 Å². The zero-order valence-electron chi connectivity index (χ0n) is 7.60. The molecule has 1 rings (SSSR count). The van der Waals surface area contributed by atoms with E-state index in [1.165, 1.54) is 0 Å². The fraction of sp³-hybridized carbons (Fsp3) is 0.333. The number of ether oxygens (including phenoxy) is 1. The van der Waals surface area contributed by atoms with E-state index in [0.29, 0.717) is 13.0 Å². The molecule has 0 spiro atoms. The van der Waals surface area contributed by atoms with Crippen LogP contribution in [0.3, 0.4) is 0 Å². The van der Waals surface area contributed by atoms with E-state index in [4.69, 9.17) is 14.9 Å². The van der Waals surface area contributed by atoms with Crippen LogP contribution in [0.2, 0.25) is 0 Å². The molecule has 0 radical (unpaired) electrons. The molecule has 1 unspecified atom stereocenters. The van der Waals surface area contributed by atoms with Gasteiger partial charge in [0.1, 0.15) is 0 Å². The molecule has 0 bridgehead atoms. The first-order chi connectivity index (χ1) is 6.47. The number of hydrogen-bond acceptors (Lipinski definition) is 3. The maximum absolute atomic E-state index is 10.1. The zero-order chi connectivity index (χ0) is 11.1. The minimum atomic E-state index is -0.981. The highest BCUT2D eigenvalue weighted by Gasteiger charge is 2.24. The van der Waals surface area contributed by atoms with Gasteiger partial charge in [0.05, 0.1) is 12.7 Å². The predicted octanol–water partition coefficient (Wildman–Crippen LogP) is 0.673. The fourth-order valence-electron chi connectivity index (χ4n) is 0.548. The summed E-state index contributed by atoms with van der Waals surface area (Å²) in [7, 11) is 0. The molecule has 1 saturated heterocycles. The summed E-state index contributed by atoms with van der Waals surface area (Å²) in [5.74, 6) is -1.91. The normalized spacial score (nSPS) is 17.3. The molecule has 0 aromatic carbocycles. The van der Waals surface area contributed by atoms with Crippen LogP contribution in [0.25, 0.3) is 0 Å². The Morgan fingerprint density at radius 1 is 1.50 bits per heavy atom. The molecule has 1 aliphatic heterocycles. The summed E-state index contributed by atoms with van der Waals surface area (Å²) in [6.07, 6.45) is 1.43. The Morgan fingerprint density at radius 3 is 2.14 bits per heavy atom. The second-order valence-corrected chi connectivity index (χ2v) is 2.61. The van der Waals surface area contributed by atoms with Gasteiger partial charge < -0.3 is 14.9 Å². The summed E-state index contributed by atoms with van der Waals surface area (Å²) in [6, 6.07) is 0. The topological polar surface area (TPSA) is 87.1 Å². The quantitative estimate of drug-likeness (QED) is 0.514. The number of hydrogen-bond donors (Lipinski definition) is 2. The Morgan fingerprint density at radius 2 is 1.93 bits per heavy atom. The molecule has 1 aliphatic rings. The summed E-state index contributed by atoms with van der Waals surface area (Å²) in [4.78, 5) is 19.4. The third-order valence-corrected chi connectivity index (χ3v) is 1.35. The molecular formula is C9H12O5. The van der Waals surface area contributed by atoms with E-state index in [0.717, 1.165) is 6.08 Å². The van der Waals surface area contributed by atoms with Crippen molar-refractivity contribution in [2.75, 3.05) is 6.61 Å². The van der Waals surface area contributed by atoms with Crippen LogP contribution in [0, 0.1) is 0 Å². The molecule has 5 heteroatoms. The first kappa shape index (κ1) is 12.4. The molecule has 0 amide bonds. The molecule has 78 valence electrons. The van der Waals surface area contributed by atoms with Crippen LogP contribution in [-0.4, -0.2) is 34.9 Å². The molecule has 1 heterocycles. The second-order valence-electron chi connectivity index (χ2n) is 2.61. The average molecular weight is 200 g/mol. The van der Waals surface area contributed by atoms with E-state index in [9.17, 15) is 9.59 Å². The van der Waals surface area contributed by atoms with Gasteiger partial charge in [-0.3, -0.25) is 0 Å². The Bertz CT molecular complexity index is 252. The van der Waals surface area contributed by atoms with Crippen LogP contribution in [0.5, 0.6) is 0 Å². The van der Waals surface area contributed by atoms with Crippen molar-refractivity contribution in [1.82, 2.24) is 0 Å². The average Bonchev–Trinajstić information content (AvgIpc) is 2.89. The summed E-state index contributed by atoms with van der Waals surface area (Å²) in [5.41, 5.74) is 0.234.